The Morgan fingerprint density at radius 3 is 2.65 bits per heavy atom. The average molecular weight is 238 g/mol. The molecule has 1 amide bonds. The van der Waals surface area contributed by atoms with E-state index < -0.39 is 0 Å². The maximum absolute atomic E-state index is 11.3. The molecule has 0 radical (unpaired) electrons. The van der Waals surface area contributed by atoms with Gasteiger partial charge in [0.05, 0.1) is 12.2 Å². The predicted molar refractivity (Wildman–Crippen MR) is 67.6 cm³/mol. The van der Waals surface area contributed by atoms with Crippen LogP contribution in [0.4, 0.5) is 0 Å². The fourth-order valence-corrected chi connectivity index (χ4v) is 1.80. The number of nitrogens with two attached hydrogens (primary N) is 1. The zero-order chi connectivity index (χ0) is 12.8. The summed E-state index contributed by atoms with van der Waals surface area (Å²) in [6.07, 6.45) is 1.81. The molecule has 1 aromatic heterocycles. The van der Waals surface area contributed by atoms with Crippen molar-refractivity contribution in [1.29, 1.82) is 0 Å². The highest BCUT2D eigenvalue weighted by Crippen LogP contribution is 2.07. The van der Waals surface area contributed by atoms with Crippen LogP contribution in [0.2, 0.25) is 0 Å². The predicted octanol–water partition coefficient (Wildman–Crippen LogP) is 0.471. The number of aromatic nitrogens is 2. The molecule has 5 nitrogen and oxygen atoms in total. The second-order valence-corrected chi connectivity index (χ2v) is 4.03. The van der Waals surface area contributed by atoms with E-state index in [1.54, 1.807) is 0 Å². The zero-order valence-electron chi connectivity index (χ0n) is 10.9. The fraction of sp³-hybridized carbons (Fsp3) is 0.667. The lowest BCUT2D eigenvalue weighted by molar-refractivity contribution is -0.120. The van der Waals surface area contributed by atoms with Crippen LogP contribution >= 0.6 is 0 Å². The third-order valence-corrected chi connectivity index (χ3v) is 2.79. The number of rotatable bonds is 7. The smallest absolute Gasteiger partial charge is 0.236 e. The van der Waals surface area contributed by atoms with E-state index in [1.165, 1.54) is 0 Å². The van der Waals surface area contributed by atoms with Crippen molar-refractivity contribution < 1.29 is 4.79 Å². The molecule has 3 N–H and O–H groups in total. The molecule has 1 rings (SSSR count). The highest BCUT2D eigenvalue weighted by Gasteiger charge is 2.16. The summed E-state index contributed by atoms with van der Waals surface area (Å²) in [7, 11) is 0. The van der Waals surface area contributed by atoms with Gasteiger partial charge in [0.25, 0.3) is 0 Å². The van der Waals surface area contributed by atoms with Crippen molar-refractivity contribution in [2.75, 3.05) is 6.54 Å². The third kappa shape index (κ3) is 3.56. The minimum absolute atomic E-state index is 0.331. The first-order valence-corrected chi connectivity index (χ1v) is 6.20. The summed E-state index contributed by atoms with van der Waals surface area (Å²) in [6.45, 7) is 7.34. The Morgan fingerprint density at radius 1 is 1.47 bits per heavy atom. The van der Waals surface area contributed by atoms with Crippen LogP contribution in [0.5, 0.6) is 0 Å². The Hall–Kier alpha value is -1.36. The molecule has 1 atom stereocenters. The molecular weight excluding hydrogens is 216 g/mol. The van der Waals surface area contributed by atoms with Gasteiger partial charge in [-0.25, -0.2) is 0 Å². The first-order chi connectivity index (χ1) is 8.12. The number of carbonyl (C=O) groups is 1. The van der Waals surface area contributed by atoms with Gasteiger partial charge in [-0.3, -0.25) is 9.48 Å². The van der Waals surface area contributed by atoms with Crippen LogP contribution < -0.4 is 11.1 Å². The second kappa shape index (κ2) is 6.39. The lowest BCUT2D eigenvalue weighted by atomic mass is 10.2. The summed E-state index contributed by atoms with van der Waals surface area (Å²) >= 11 is 0. The number of hydrogen-bond acceptors (Lipinski definition) is 3. The van der Waals surface area contributed by atoms with Gasteiger partial charge in [-0.15, -0.1) is 0 Å². The van der Waals surface area contributed by atoms with E-state index >= 15 is 0 Å². The quantitative estimate of drug-likeness (QED) is 0.725. The van der Waals surface area contributed by atoms with E-state index in [0.29, 0.717) is 6.54 Å². The molecule has 0 fully saturated rings. The normalized spacial score (nSPS) is 12.6. The van der Waals surface area contributed by atoms with Gasteiger partial charge in [0.2, 0.25) is 5.91 Å². The summed E-state index contributed by atoms with van der Waals surface area (Å²) in [5, 5.41) is 7.55. The number of hydrogen-bond donors (Lipinski definition) is 2. The lowest BCUT2D eigenvalue weighted by Crippen LogP contribution is -2.44. The molecule has 5 heteroatoms. The first kappa shape index (κ1) is 13.7. The molecule has 0 aliphatic rings. The summed E-state index contributed by atoms with van der Waals surface area (Å²) in [5.74, 6) is -0.331. The van der Waals surface area contributed by atoms with Gasteiger partial charge >= 0.3 is 0 Å². The molecule has 0 saturated carbocycles. The Morgan fingerprint density at radius 2 is 2.18 bits per heavy atom. The topological polar surface area (TPSA) is 72.9 Å². The molecule has 0 aliphatic carbocycles. The van der Waals surface area contributed by atoms with Crippen molar-refractivity contribution in [3.05, 3.63) is 17.5 Å². The Labute approximate surface area is 102 Å². The van der Waals surface area contributed by atoms with Crippen molar-refractivity contribution >= 4 is 5.91 Å². The van der Waals surface area contributed by atoms with Gasteiger partial charge in [-0.05, 0) is 25.5 Å². The third-order valence-electron chi connectivity index (χ3n) is 2.79. The van der Waals surface area contributed by atoms with Gasteiger partial charge in [-0.2, -0.15) is 5.10 Å². The van der Waals surface area contributed by atoms with Gasteiger partial charge < -0.3 is 11.1 Å². The second-order valence-electron chi connectivity index (χ2n) is 4.03. The van der Waals surface area contributed by atoms with Crippen molar-refractivity contribution in [2.24, 2.45) is 5.73 Å². The highest BCUT2D eigenvalue weighted by molar-refractivity contribution is 5.79. The molecule has 0 saturated heterocycles. The number of carbonyl (C=O) groups excluding carboxylic acids is 1. The van der Waals surface area contributed by atoms with Gasteiger partial charge in [0.15, 0.2) is 0 Å². The number of likely N-dealkylation sites (N-methyl/N-ethyl adjacent to an activating group) is 1. The molecule has 17 heavy (non-hydrogen) atoms. The summed E-state index contributed by atoms with van der Waals surface area (Å²) in [4.78, 5) is 11.3. The molecule has 1 heterocycles. The van der Waals surface area contributed by atoms with Crippen molar-refractivity contribution in [3.8, 4) is 0 Å². The van der Waals surface area contributed by atoms with Crippen LogP contribution in [0.1, 0.15) is 32.2 Å². The summed E-state index contributed by atoms with van der Waals surface area (Å²) < 4.78 is 1.89. The van der Waals surface area contributed by atoms with E-state index in [4.69, 9.17) is 5.73 Å². The Kier molecular flexibility index (Phi) is 5.15. The minimum Gasteiger partial charge on any atom is -0.368 e. The average Bonchev–Trinajstić information content (AvgIpc) is 2.70. The van der Waals surface area contributed by atoms with Crippen molar-refractivity contribution in [1.82, 2.24) is 15.1 Å². The Bertz CT molecular complexity index is 373. The number of nitrogens with one attached hydrogen (secondary N) is 1. The van der Waals surface area contributed by atoms with E-state index in [-0.39, 0.29) is 11.9 Å². The SMILES string of the molecule is CCNC(Cn1nc(CC)cc1CC)C(N)=O. The number of primary amides is 1. The number of nitrogens with zero attached hydrogens (tertiary/aromatic N) is 2. The monoisotopic (exact) mass is 238 g/mol. The van der Waals surface area contributed by atoms with Gasteiger partial charge in [-0.1, -0.05) is 20.8 Å². The molecule has 96 valence electrons. The van der Waals surface area contributed by atoms with Gasteiger partial charge in [0.1, 0.15) is 6.04 Å². The molecule has 1 unspecified atom stereocenters. The van der Waals surface area contributed by atoms with Crippen LogP contribution in [0.15, 0.2) is 6.07 Å². The van der Waals surface area contributed by atoms with Gasteiger partial charge in [0, 0.05) is 5.69 Å². The van der Waals surface area contributed by atoms with E-state index in [2.05, 4.69) is 30.3 Å². The zero-order valence-corrected chi connectivity index (χ0v) is 10.9. The molecule has 1 aromatic rings. The van der Waals surface area contributed by atoms with Crippen LogP contribution in [0, 0.1) is 0 Å². The van der Waals surface area contributed by atoms with E-state index in [9.17, 15) is 4.79 Å². The standard InChI is InChI=1S/C12H22N4O/c1-4-9-7-10(5-2)16(15-9)8-11(12(13)17)14-6-3/h7,11,14H,4-6,8H2,1-3H3,(H2,13,17). The number of aryl methyl sites for hydroxylation is 2. The summed E-state index contributed by atoms with van der Waals surface area (Å²) in [5.41, 5.74) is 7.56. The number of amides is 1. The maximum atomic E-state index is 11.3. The van der Waals surface area contributed by atoms with Crippen LogP contribution in [-0.2, 0) is 24.2 Å². The van der Waals surface area contributed by atoms with E-state index in [0.717, 1.165) is 30.8 Å². The minimum atomic E-state index is -0.352. The molecule has 0 aromatic carbocycles. The lowest BCUT2D eigenvalue weighted by Gasteiger charge is -2.15. The van der Waals surface area contributed by atoms with E-state index in [1.807, 2.05) is 11.6 Å². The molecule has 0 bridgehead atoms. The molecule has 0 spiro atoms. The van der Waals surface area contributed by atoms with Crippen molar-refractivity contribution in [3.63, 3.8) is 0 Å². The largest absolute Gasteiger partial charge is 0.368 e. The fourth-order valence-electron chi connectivity index (χ4n) is 1.80. The Balaban J connectivity index is 2.83. The molecule has 0 aliphatic heterocycles. The van der Waals surface area contributed by atoms with Crippen molar-refractivity contribution in [2.45, 2.75) is 46.2 Å². The highest BCUT2D eigenvalue weighted by atomic mass is 16.1. The summed E-state index contributed by atoms with van der Waals surface area (Å²) in [6, 6.07) is 1.74. The van der Waals surface area contributed by atoms with Crippen LogP contribution in [-0.4, -0.2) is 28.3 Å². The molecular formula is C12H22N4O. The first-order valence-electron chi connectivity index (χ1n) is 6.20. The van der Waals surface area contributed by atoms with Crippen LogP contribution in [0.3, 0.4) is 0 Å². The van der Waals surface area contributed by atoms with Crippen LogP contribution in [0.25, 0.3) is 0 Å². The maximum Gasteiger partial charge on any atom is 0.236 e.